The van der Waals surface area contributed by atoms with Gasteiger partial charge in [-0.1, -0.05) is 0 Å². The zero-order valence-corrected chi connectivity index (χ0v) is 32.6. The number of thioether (sulfide) groups is 1. The lowest BCUT2D eigenvalue weighted by Crippen LogP contribution is -2.60. The van der Waals surface area contributed by atoms with Crippen molar-refractivity contribution in [3.05, 3.63) is 91.1 Å². The van der Waals surface area contributed by atoms with Gasteiger partial charge in [-0.15, -0.1) is 0 Å². The summed E-state index contributed by atoms with van der Waals surface area (Å²) in [4.78, 5) is 116. The van der Waals surface area contributed by atoms with Gasteiger partial charge in [-0.25, -0.2) is 29.7 Å². The standard InChI is InChI=1S/C35H46N16O7S/c1-59-3-2-24(36)30(52)47-25(4-19-9-37-14-42-19)31(53)48-26(5-20-10-38-15-43-20)32(54)49-27(6-21-11-39-16-44-21)33(55)50-28(7-22-12-40-17-45-22)34(56)51-29(35(57)58)8-23-13-41-18-46-23/h9-18,24-29H,2-8,36H2,1H3,(H,37,42)(H,38,43)(H,39,44)(H,40,45)(H,41,46)(H,47,52)(H,48,53)(H,49,54)(H,50,55)(H,51,56)(H,57,58). The first kappa shape index (κ1) is 43.3. The van der Waals surface area contributed by atoms with E-state index < -0.39 is 71.8 Å². The van der Waals surface area contributed by atoms with Gasteiger partial charge >= 0.3 is 5.97 Å². The molecule has 0 radical (unpaired) electrons. The van der Waals surface area contributed by atoms with Gasteiger partial charge in [0.05, 0.1) is 37.7 Å². The van der Waals surface area contributed by atoms with Crippen LogP contribution in [0.4, 0.5) is 0 Å². The van der Waals surface area contributed by atoms with Crippen molar-refractivity contribution in [1.29, 1.82) is 0 Å². The van der Waals surface area contributed by atoms with E-state index in [0.717, 1.165) is 0 Å². The molecule has 6 unspecified atom stereocenters. The highest BCUT2D eigenvalue weighted by Crippen LogP contribution is 2.09. The van der Waals surface area contributed by atoms with Crippen LogP contribution in [0.2, 0.25) is 0 Å². The number of rotatable bonds is 24. The molecular formula is C35H46N16O7S. The Labute approximate surface area is 340 Å². The summed E-state index contributed by atoms with van der Waals surface area (Å²) in [5.74, 6) is -4.42. The maximum atomic E-state index is 14.2. The van der Waals surface area contributed by atoms with E-state index in [-0.39, 0.29) is 32.1 Å². The average Bonchev–Trinajstić information content (AvgIpc) is 4.07. The molecule has 5 heterocycles. The minimum atomic E-state index is -1.38. The lowest BCUT2D eigenvalue weighted by atomic mass is 10.0. The molecule has 59 heavy (non-hydrogen) atoms. The summed E-state index contributed by atoms with van der Waals surface area (Å²) >= 11 is 1.52. The summed E-state index contributed by atoms with van der Waals surface area (Å²) in [6.07, 6.45) is 16.0. The lowest BCUT2D eigenvalue weighted by molar-refractivity contribution is -0.142. The molecule has 0 saturated carbocycles. The fourth-order valence-electron chi connectivity index (χ4n) is 5.86. The SMILES string of the molecule is CSCCC(N)C(=O)NC(Cc1cnc[nH]1)C(=O)NC(Cc1cnc[nH]1)C(=O)NC(Cc1cnc[nH]1)C(=O)NC(Cc1cnc[nH]1)C(=O)NC(Cc1cnc[nH]1)C(=O)O. The Morgan fingerprint density at radius 1 is 0.525 bits per heavy atom. The Bertz CT molecular complexity index is 2060. The number of nitrogens with zero attached hydrogens (tertiary/aromatic N) is 5. The number of hydrogen-bond acceptors (Lipinski definition) is 13. The van der Waals surface area contributed by atoms with Crippen molar-refractivity contribution in [2.45, 2.75) is 74.8 Å². The van der Waals surface area contributed by atoms with E-state index in [1.54, 1.807) is 0 Å². The molecule has 5 aromatic rings. The van der Waals surface area contributed by atoms with E-state index in [0.29, 0.717) is 40.6 Å². The van der Waals surface area contributed by atoms with Crippen molar-refractivity contribution >= 4 is 47.3 Å². The van der Waals surface area contributed by atoms with Gasteiger partial charge in [-0.2, -0.15) is 11.8 Å². The van der Waals surface area contributed by atoms with Crippen LogP contribution in [0.15, 0.2) is 62.6 Å². The van der Waals surface area contributed by atoms with E-state index >= 15 is 0 Å². The highest BCUT2D eigenvalue weighted by atomic mass is 32.2. The molecule has 0 bridgehead atoms. The Balaban J connectivity index is 1.37. The van der Waals surface area contributed by atoms with Crippen LogP contribution < -0.4 is 32.3 Å². The second kappa shape index (κ2) is 21.6. The molecule has 24 heteroatoms. The number of aromatic amines is 5. The van der Waals surface area contributed by atoms with Crippen LogP contribution in [0, 0.1) is 0 Å². The molecule has 13 N–H and O–H groups in total. The van der Waals surface area contributed by atoms with Crippen LogP contribution in [0.3, 0.4) is 0 Å². The fraction of sp³-hybridized carbons (Fsp3) is 0.400. The molecule has 5 amide bonds. The fourth-order valence-corrected chi connectivity index (χ4v) is 6.35. The summed E-state index contributed by atoms with van der Waals surface area (Å²) in [7, 11) is 0. The van der Waals surface area contributed by atoms with Crippen molar-refractivity contribution in [3.8, 4) is 0 Å². The van der Waals surface area contributed by atoms with Gasteiger partial charge in [-0.3, -0.25) is 24.0 Å². The molecule has 5 aromatic heterocycles. The number of carboxylic acids is 1. The maximum absolute atomic E-state index is 14.2. The number of H-pyrrole nitrogens is 5. The number of hydrogen-bond donors (Lipinski definition) is 12. The summed E-state index contributed by atoms with van der Waals surface area (Å²) in [5, 5.41) is 23.1. The molecule has 0 saturated heterocycles. The largest absolute Gasteiger partial charge is 0.480 e. The predicted molar refractivity (Wildman–Crippen MR) is 210 cm³/mol. The first-order valence-corrected chi connectivity index (χ1v) is 19.7. The lowest BCUT2D eigenvalue weighted by Gasteiger charge is -2.27. The molecule has 0 aromatic carbocycles. The second-order valence-electron chi connectivity index (χ2n) is 13.4. The monoisotopic (exact) mass is 834 g/mol. The number of carboxylic acid groups (broad SMARTS) is 1. The molecule has 314 valence electrons. The van der Waals surface area contributed by atoms with Gasteiger partial charge in [0.1, 0.15) is 30.2 Å². The third kappa shape index (κ3) is 13.4. The summed E-state index contributed by atoms with van der Waals surface area (Å²) < 4.78 is 0. The first-order chi connectivity index (χ1) is 28.5. The van der Waals surface area contributed by atoms with Gasteiger partial charge in [-0.05, 0) is 18.4 Å². The molecular weight excluding hydrogens is 789 g/mol. The zero-order chi connectivity index (χ0) is 42.1. The van der Waals surface area contributed by atoms with Crippen LogP contribution in [-0.2, 0) is 60.9 Å². The number of nitrogens with one attached hydrogen (secondary N) is 10. The average molecular weight is 835 g/mol. The van der Waals surface area contributed by atoms with E-state index in [9.17, 15) is 33.9 Å². The molecule has 5 rings (SSSR count). The van der Waals surface area contributed by atoms with Crippen LogP contribution >= 0.6 is 11.8 Å². The topological polar surface area (TPSA) is 352 Å². The highest BCUT2D eigenvalue weighted by Gasteiger charge is 2.34. The van der Waals surface area contributed by atoms with Gasteiger partial charge in [0.15, 0.2) is 0 Å². The second-order valence-corrected chi connectivity index (χ2v) is 14.4. The normalized spacial score (nSPS) is 14.2. The van der Waals surface area contributed by atoms with E-state index in [1.165, 1.54) is 74.4 Å². The van der Waals surface area contributed by atoms with Crippen LogP contribution in [0.1, 0.15) is 34.9 Å². The van der Waals surface area contributed by atoms with Crippen LogP contribution in [-0.4, -0.2) is 139 Å². The number of carbonyl (C=O) groups excluding carboxylic acids is 5. The van der Waals surface area contributed by atoms with Gasteiger partial charge in [0.2, 0.25) is 29.5 Å². The number of nitrogens with two attached hydrogens (primary N) is 1. The number of imidazole rings is 5. The molecule has 0 aliphatic heterocycles. The predicted octanol–water partition coefficient (Wildman–Crippen LogP) is -2.60. The molecule has 0 fully saturated rings. The minimum absolute atomic E-state index is 0.0134. The van der Waals surface area contributed by atoms with Crippen LogP contribution in [0.25, 0.3) is 0 Å². The van der Waals surface area contributed by atoms with Crippen LogP contribution in [0.5, 0.6) is 0 Å². The Kier molecular flexibility index (Phi) is 15.9. The third-order valence-electron chi connectivity index (χ3n) is 9.01. The molecule has 0 aliphatic rings. The van der Waals surface area contributed by atoms with Gasteiger partial charge < -0.3 is 62.3 Å². The Morgan fingerprint density at radius 3 is 1.05 bits per heavy atom. The molecule has 6 atom stereocenters. The minimum Gasteiger partial charge on any atom is -0.480 e. The summed E-state index contributed by atoms with van der Waals surface area (Å²) in [5.41, 5.74) is 8.44. The number of aliphatic carboxylic acids is 1. The van der Waals surface area contributed by atoms with E-state index in [1.807, 2.05) is 6.26 Å². The van der Waals surface area contributed by atoms with Crippen molar-refractivity contribution in [3.63, 3.8) is 0 Å². The quantitative estimate of drug-likeness (QED) is 0.0304. The Morgan fingerprint density at radius 2 is 0.797 bits per heavy atom. The smallest absolute Gasteiger partial charge is 0.326 e. The number of aromatic nitrogens is 10. The first-order valence-electron chi connectivity index (χ1n) is 18.3. The van der Waals surface area contributed by atoms with Crippen molar-refractivity contribution in [2.24, 2.45) is 5.73 Å². The number of carbonyl (C=O) groups is 6. The third-order valence-corrected chi connectivity index (χ3v) is 9.65. The van der Waals surface area contributed by atoms with Crippen molar-refractivity contribution in [2.75, 3.05) is 12.0 Å². The molecule has 23 nitrogen and oxygen atoms in total. The molecule has 0 aliphatic carbocycles. The van der Waals surface area contributed by atoms with Gasteiger partial charge in [0.25, 0.3) is 0 Å². The van der Waals surface area contributed by atoms with E-state index in [2.05, 4.69) is 76.4 Å². The van der Waals surface area contributed by atoms with Crippen molar-refractivity contribution in [1.82, 2.24) is 76.4 Å². The van der Waals surface area contributed by atoms with Crippen molar-refractivity contribution < 1.29 is 33.9 Å². The summed E-state index contributed by atoms with van der Waals surface area (Å²) in [6.45, 7) is 0. The maximum Gasteiger partial charge on any atom is 0.326 e. The molecule has 0 spiro atoms. The zero-order valence-electron chi connectivity index (χ0n) is 31.8. The Hall–Kier alpha value is -6.82. The highest BCUT2D eigenvalue weighted by molar-refractivity contribution is 7.98. The van der Waals surface area contributed by atoms with E-state index in [4.69, 9.17) is 5.73 Å². The number of amides is 5. The summed E-state index contributed by atoms with van der Waals surface area (Å²) in [6, 6.07) is -7.50. The van der Waals surface area contributed by atoms with Gasteiger partial charge in [0, 0.05) is 91.6 Å².